The van der Waals surface area contributed by atoms with Gasteiger partial charge < -0.3 is 9.80 Å². The molecule has 0 aliphatic carbocycles. The minimum absolute atomic E-state index is 0.135. The van der Waals surface area contributed by atoms with Gasteiger partial charge >= 0.3 is 0 Å². The second kappa shape index (κ2) is 6.51. The van der Waals surface area contributed by atoms with Crippen LogP contribution >= 0.6 is 0 Å². The van der Waals surface area contributed by atoms with Gasteiger partial charge in [0.1, 0.15) is 0 Å². The Hall–Kier alpha value is -1.84. The molecule has 0 aromatic heterocycles. The summed E-state index contributed by atoms with van der Waals surface area (Å²) in [4.78, 5) is 28.0. The Morgan fingerprint density at radius 1 is 1.18 bits per heavy atom. The van der Waals surface area contributed by atoms with Crippen LogP contribution in [0.1, 0.15) is 48.5 Å². The van der Waals surface area contributed by atoms with Crippen LogP contribution in [0.3, 0.4) is 0 Å². The highest BCUT2D eigenvalue weighted by molar-refractivity contribution is 5.94. The highest BCUT2D eigenvalue weighted by Crippen LogP contribution is 2.19. The minimum Gasteiger partial charge on any atom is -0.338 e. The predicted molar refractivity (Wildman–Crippen MR) is 85.4 cm³/mol. The van der Waals surface area contributed by atoms with E-state index < -0.39 is 0 Å². The van der Waals surface area contributed by atoms with Crippen LogP contribution in [0.4, 0.5) is 0 Å². The second-order valence-corrected chi connectivity index (χ2v) is 6.61. The lowest BCUT2D eigenvalue weighted by Gasteiger charge is -2.31. The molecule has 4 heteroatoms. The van der Waals surface area contributed by atoms with Gasteiger partial charge in [-0.25, -0.2) is 0 Å². The zero-order valence-corrected chi connectivity index (χ0v) is 13.3. The third kappa shape index (κ3) is 3.32. The lowest BCUT2D eigenvalue weighted by Crippen LogP contribution is -2.39. The molecule has 2 fully saturated rings. The maximum atomic E-state index is 12.5. The topological polar surface area (TPSA) is 40.6 Å². The molecule has 22 heavy (non-hydrogen) atoms. The van der Waals surface area contributed by atoms with Crippen molar-refractivity contribution in [1.82, 2.24) is 9.80 Å². The first-order valence-electron chi connectivity index (χ1n) is 8.29. The van der Waals surface area contributed by atoms with Gasteiger partial charge in [0.05, 0.1) is 0 Å². The molecule has 1 aromatic carbocycles. The number of rotatable bonds is 3. The maximum absolute atomic E-state index is 12.5. The van der Waals surface area contributed by atoms with Crippen molar-refractivity contribution in [3.63, 3.8) is 0 Å². The lowest BCUT2D eigenvalue weighted by atomic mass is 9.99. The zero-order valence-electron chi connectivity index (χ0n) is 13.3. The number of carbonyl (C=O) groups is 2. The van der Waals surface area contributed by atoms with Crippen LogP contribution in [-0.4, -0.2) is 41.2 Å². The Kier molecular flexibility index (Phi) is 4.46. The van der Waals surface area contributed by atoms with Crippen molar-refractivity contribution in [2.45, 2.75) is 39.2 Å². The molecule has 0 unspecified atom stereocenters. The summed E-state index contributed by atoms with van der Waals surface area (Å²) in [5.74, 6) is 0.968. The third-order valence-corrected chi connectivity index (χ3v) is 4.69. The van der Waals surface area contributed by atoms with Gasteiger partial charge in [0.15, 0.2) is 0 Å². The van der Waals surface area contributed by atoms with E-state index in [1.165, 1.54) is 6.42 Å². The number of amides is 2. The molecule has 0 N–H and O–H groups in total. The van der Waals surface area contributed by atoms with Crippen LogP contribution in [0.2, 0.25) is 0 Å². The van der Waals surface area contributed by atoms with Crippen molar-refractivity contribution in [2.24, 2.45) is 5.92 Å². The van der Waals surface area contributed by atoms with Gasteiger partial charge in [-0.3, -0.25) is 9.59 Å². The fraction of sp³-hybridized carbons (Fsp3) is 0.556. The fourth-order valence-electron chi connectivity index (χ4n) is 3.40. The fourth-order valence-corrected chi connectivity index (χ4v) is 3.40. The van der Waals surface area contributed by atoms with E-state index in [9.17, 15) is 9.59 Å². The van der Waals surface area contributed by atoms with Gasteiger partial charge in [-0.1, -0.05) is 19.1 Å². The van der Waals surface area contributed by atoms with E-state index in [0.717, 1.165) is 43.6 Å². The zero-order chi connectivity index (χ0) is 15.5. The first-order chi connectivity index (χ1) is 10.6. The van der Waals surface area contributed by atoms with Gasteiger partial charge in [0.25, 0.3) is 5.91 Å². The standard InChI is InChI=1S/C18H24N2O2/c1-14-4-2-11-20(12-14)18(22)16-8-6-15(7-9-16)13-19-10-3-5-17(19)21/h6-9,14H,2-5,10-13H2,1H3/t14-/m1/s1. The number of carbonyl (C=O) groups excluding carboxylic acids is 2. The summed E-state index contributed by atoms with van der Waals surface area (Å²) in [5.41, 5.74) is 1.85. The molecule has 0 spiro atoms. The first kappa shape index (κ1) is 15.1. The smallest absolute Gasteiger partial charge is 0.253 e. The summed E-state index contributed by atoms with van der Waals surface area (Å²) in [6.45, 7) is 5.45. The number of benzene rings is 1. The average molecular weight is 300 g/mol. The normalized spacial score (nSPS) is 22.2. The molecule has 2 heterocycles. The van der Waals surface area contributed by atoms with E-state index in [1.807, 2.05) is 34.1 Å². The first-order valence-corrected chi connectivity index (χ1v) is 8.29. The van der Waals surface area contributed by atoms with Crippen LogP contribution in [0, 0.1) is 5.92 Å². The van der Waals surface area contributed by atoms with Gasteiger partial charge in [-0.2, -0.15) is 0 Å². The summed E-state index contributed by atoms with van der Waals surface area (Å²) >= 11 is 0. The maximum Gasteiger partial charge on any atom is 0.253 e. The highest BCUT2D eigenvalue weighted by atomic mass is 16.2. The van der Waals surface area contributed by atoms with E-state index in [-0.39, 0.29) is 11.8 Å². The Balaban J connectivity index is 1.63. The number of likely N-dealkylation sites (tertiary alicyclic amines) is 2. The Bertz CT molecular complexity index is 553. The molecule has 2 aliphatic rings. The van der Waals surface area contributed by atoms with Crippen LogP contribution < -0.4 is 0 Å². The van der Waals surface area contributed by atoms with Crippen molar-refractivity contribution < 1.29 is 9.59 Å². The summed E-state index contributed by atoms with van der Waals surface area (Å²) in [5, 5.41) is 0. The van der Waals surface area contributed by atoms with Gasteiger partial charge in [-0.05, 0) is 42.9 Å². The molecule has 118 valence electrons. The molecular weight excluding hydrogens is 276 g/mol. The van der Waals surface area contributed by atoms with Crippen LogP contribution in [-0.2, 0) is 11.3 Å². The molecule has 3 rings (SSSR count). The van der Waals surface area contributed by atoms with Crippen molar-refractivity contribution in [2.75, 3.05) is 19.6 Å². The van der Waals surface area contributed by atoms with Crippen LogP contribution in [0.5, 0.6) is 0 Å². The summed E-state index contributed by atoms with van der Waals surface area (Å²) in [6.07, 6.45) is 3.95. The molecule has 1 aromatic rings. The molecule has 2 amide bonds. The number of nitrogens with zero attached hydrogens (tertiary/aromatic N) is 2. The number of hydrogen-bond donors (Lipinski definition) is 0. The Morgan fingerprint density at radius 3 is 2.59 bits per heavy atom. The highest BCUT2D eigenvalue weighted by Gasteiger charge is 2.23. The van der Waals surface area contributed by atoms with E-state index >= 15 is 0 Å². The molecule has 0 radical (unpaired) electrons. The molecule has 2 saturated heterocycles. The molecular formula is C18H24N2O2. The SMILES string of the molecule is C[C@@H]1CCCN(C(=O)c2ccc(CN3CCCC3=O)cc2)C1. The minimum atomic E-state index is 0.135. The second-order valence-electron chi connectivity index (χ2n) is 6.61. The average Bonchev–Trinajstić information content (AvgIpc) is 2.92. The molecule has 4 nitrogen and oxygen atoms in total. The van der Waals surface area contributed by atoms with E-state index in [0.29, 0.717) is 18.9 Å². The summed E-state index contributed by atoms with van der Waals surface area (Å²) in [6, 6.07) is 7.76. The summed E-state index contributed by atoms with van der Waals surface area (Å²) < 4.78 is 0. The number of hydrogen-bond acceptors (Lipinski definition) is 2. The Morgan fingerprint density at radius 2 is 1.95 bits per heavy atom. The largest absolute Gasteiger partial charge is 0.338 e. The van der Waals surface area contributed by atoms with Gasteiger partial charge in [-0.15, -0.1) is 0 Å². The third-order valence-electron chi connectivity index (χ3n) is 4.69. The van der Waals surface area contributed by atoms with E-state index in [4.69, 9.17) is 0 Å². The molecule has 0 saturated carbocycles. The van der Waals surface area contributed by atoms with Crippen molar-refractivity contribution in [3.8, 4) is 0 Å². The van der Waals surface area contributed by atoms with Crippen LogP contribution in [0.15, 0.2) is 24.3 Å². The van der Waals surface area contributed by atoms with Crippen molar-refractivity contribution >= 4 is 11.8 Å². The monoisotopic (exact) mass is 300 g/mol. The van der Waals surface area contributed by atoms with Gasteiger partial charge in [0, 0.05) is 38.2 Å². The van der Waals surface area contributed by atoms with Crippen molar-refractivity contribution in [1.29, 1.82) is 0 Å². The summed E-state index contributed by atoms with van der Waals surface area (Å²) in [7, 11) is 0. The lowest BCUT2D eigenvalue weighted by molar-refractivity contribution is -0.128. The molecule has 0 bridgehead atoms. The van der Waals surface area contributed by atoms with E-state index in [2.05, 4.69) is 6.92 Å². The van der Waals surface area contributed by atoms with Crippen molar-refractivity contribution in [3.05, 3.63) is 35.4 Å². The van der Waals surface area contributed by atoms with Crippen LogP contribution in [0.25, 0.3) is 0 Å². The molecule has 2 aliphatic heterocycles. The Labute approximate surface area is 132 Å². The predicted octanol–water partition coefficient (Wildman–Crippen LogP) is 2.68. The quantitative estimate of drug-likeness (QED) is 0.861. The molecule has 1 atom stereocenters. The number of piperidine rings is 1. The van der Waals surface area contributed by atoms with E-state index in [1.54, 1.807) is 0 Å². The van der Waals surface area contributed by atoms with Gasteiger partial charge in [0.2, 0.25) is 5.91 Å².